The molecule has 4 nitrogen and oxygen atoms in total. The first-order chi connectivity index (χ1) is 24.2. The van der Waals surface area contributed by atoms with Gasteiger partial charge >= 0.3 is 0 Å². The van der Waals surface area contributed by atoms with E-state index in [2.05, 4.69) is 19.2 Å². The molecule has 0 aliphatic rings. The molecule has 3 N–H and O–H groups in total. The van der Waals surface area contributed by atoms with E-state index in [1.54, 1.807) is 6.08 Å². The van der Waals surface area contributed by atoms with Crippen molar-refractivity contribution in [3.8, 4) is 0 Å². The van der Waals surface area contributed by atoms with Crippen molar-refractivity contribution in [2.24, 2.45) is 0 Å². The first-order valence-electron chi connectivity index (χ1n) is 22.4. The number of aliphatic hydroxyl groups excluding tert-OH is 2. The van der Waals surface area contributed by atoms with Crippen molar-refractivity contribution in [1.29, 1.82) is 0 Å². The number of rotatable bonds is 41. The summed E-state index contributed by atoms with van der Waals surface area (Å²) in [6.07, 6.45) is 52.4. The van der Waals surface area contributed by atoms with E-state index in [0.717, 1.165) is 32.1 Å². The van der Waals surface area contributed by atoms with E-state index < -0.39 is 12.1 Å². The molecule has 2 atom stereocenters. The Balaban J connectivity index is 3.33. The van der Waals surface area contributed by atoms with Gasteiger partial charge in [-0.25, -0.2) is 0 Å². The number of aliphatic hydroxyl groups is 2. The van der Waals surface area contributed by atoms with Crippen LogP contribution in [0.1, 0.15) is 251 Å². The van der Waals surface area contributed by atoms with Gasteiger partial charge in [0.2, 0.25) is 5.91 Å². The highest BCUT2D eigenvalue weighted by molar-refractivity contribution is 5.76. The molecule has 0 aliphatic heterocycles. The van der Waals surface area contributed by atoms with Crippen LogP contribution in [0.4, 0.5) is 0 Å². The third kappa shape index (κ3) is 38.2. The minimum absolute atomic E-state index is 0.0750. The second-order valence-corrected chi connectivity index (χ2v) is 15.5. The topological polar surface area (TPSA) is 69.6 Å². The normalized spacial score (nSPS) is 13.0. The van der Waals surface area contributed by atoms with Gasteiger partial charge in [0.05, 0.1) is 18.8 Å². The van der Waals surface area contributed by atoms with Crippen molar-refractivity contribution in [2.45, 2.75) is 264 Å². The Labute approximate surface area is 307 Å². The molecule has 0 aromatic rings. The lowest BCUT2D eigenvalue weighted by molar-refractivity contribution is -0.123. The van der Waals surface area contributed by atoms with Gasteiger partial charge in [0.15, 0.2) is 0 Å². The average molecular weight is 692 g/mol. The number of allylic oxidation sites excluding steroid dienone is 1. The number of nitrogens with one attached hydrogen (secondary N) is 1. The van der Waals surface area contributed by atoms with Gasteiger partial charge in [-0.05, 0) is 19.3 Å². The van der Waals surface area contributed by atoms with E-state index in [0.29, 0.717) is 6.42 Å². The molecule has 0 aromatic carbocycles. The number of carbonyl (C=O) groups excluding carboxylic acids is 1. The zero-order valence-corrected chi connectivity index (χ0v) is 33.5. The second-order valence-electron chi connectivity index (χ2n) is 15.5. The van der Waals surface area contributed by atoms with Gasteiger partial charge in [-0.1, -0.05) is 238 Å². The maximum atomic E-state index is 12.1. The molecule has 0 radical (unpaired) electrons. The zero-order chi connectivity index (χ0) is 35.7. The summed E-state index contributed by atoms with van der Waals surface area (Å²) in [5.41, 5.74) is 0. The largest absolute Gasteiger partial charge is 0.394 e. The van der Waals surface area contributed by atoms with E-state index >= 15 is 0 Å². The van der Waals surface area contributed by atoms with Crippen molar-refractivity contribution < 1.29 is 15.0 Å². The van der Waals surface area contributed by atoms with Crippen molar-refractivity contribution in [2.75, 3.05) is 6.61 Å². The fourth-order valence-corrected chi connectivity index (χ4v) is 7.06. The monoisotopic (exact) mass is 692 g/mol. The number of amides is 1. The van der Waals surface area contributed by atoms with Crippen molar-refractivity contribution in [3.63, 3.8) is 0 Å². The fourth-order valence-electron chi connectivity index (χ4n) is 7.06. The highest BCUT2D eigenvalue weighted by Crippen LogP contribution is 2.17. The van der Waals surface area contributed by atoms with Crippen LogP contribution in [0.25, 0.3) is 0 Å². The Bertz CT molecular complexity index is 666. The van der Waals surface area contributed by atoms with Crippen LogP contribution < -0.4 is 5.32 Å². The van der Waals surface area contributed by atoms with Crippen molar-refractivity contribution >= 4 is 5.91 Å². The lowest BCUT2D eigenvalue weighted by atomic mass is 10.0. The average Bonchev–Trinajstić information content (AvgIpc) is 3.10. The van der Waals surface area contributed by atoms with Crippen LogP contribution in [0.5, 0.6) is 0 Å². The standard InChI is InChI=1S/C45H89NO3/c1-3-5-7-9-10-11-12-13-14-15-16-17-18-19-20-21-22-23-24-25-26-27-28-29-30-31-32-33-34-35-37-38-40-44(48)43(42-47)46-45(49)41-39-36-8-6-4-2/h38,40,43-44,47-48H,3-37,39,41-42H2,1-2H3,(H,46,49)/b40-38+. The lowest BCUT2D eigenvalue weighted by Gasteiger charge is -2.20. The zero-order valence-electron chi connectivity index (χ0n) is 33.5. The molecular weight excluding hydrogens is 602 g/mol. The summed E-state index contributed by atoms with van der Waals surface area (Å²) >= 11 is 0. The molecule has 0 spiro atoms. The second kappa shape index (κ2) is 41.5. The number of hydrogen-bond acceptors (Lipinski definition) is 3. The van der Waals surface area contributed by atoms with Crippen LogP contribution in [0, 0.1) is 0 Å². The number of hydrogen-bond donors (Lipinski definition) is 3. The first kappa shape index (κ1) is 48.1. The quantitative estimate of drug-likeness (QED) is 0.0441. The van der Waals surface area contributed by atoms with Gasteiger partial charge in [0, 0.05) is 6.42 Å². The minimum atomic E-state index is -0.831. The molecule has 4 heteroatoms. The van der Waals surface area contributed by atoms with Crippen molar-refractivity contribution in [3.05, 3.63) is 12.2 Å². The van der Waals surface area contributed by atoms with Gasteiger partial charge in [-0.3, -0.25) is 4.79 Å². The molecule has 0 fully saturated rings. The maximum Gasteiger partial charge on any atom is 0.220 e. The van der Waals surface area contributed by atoms with E-state index in [1.165, 1.54) is 199 Å². The molecule has 1 amide bonds. The summed E-state index contributed by atoms with van der Waals surface area (Å²) < 4.78 is 0. The van der Waals surface area contributed by atoms with Gasteiger partial charge < -0.3 is 15.5 Å². The number of unbranched alkanes of at least 4 members (excludes halogenated alkanes) is 34. The molecule has 0 heterocycles. The molecule has 0 aromatic heterocycles. The molecule has 0 bridgehead atoms. The highest BCUT2D eigenvalue weighted by atomic mass is 16.3. The van der Waals surface area contributed by atoms with Gasteiger partial charge in [-0.15, -0.1) is 0 Å². The van der Waals surface area contributed by atoms with Crippen LogP contribution in [0.3, 0.4) is 0 Å². The van der Waals surface area contributed by atoms with E-state index in [-0.39, 0.29) is 12.5 Å². The van der Waals surface area contributed by atoms with E-state index in [4.69, 9.17) is 0 Å². The summed E-state index contributed by atoms with van der Waals surface area (Å²) in [4.78, 5) is 12.1. The van der Waals surface area contributed by atoms with Gasteiger partial charge in [-0.2, -0.15) is 0 Å². The maximum absolute atomic E-state index is 12.1. The predicted molar refractivity (Wildman–Crippen MR) is 216 cm³/mol. The molecule has 0 aliphatic carbocycles. The molecule has 49 heavy (non-hydrogen) atoms. The summed E-state index contributed by atoms with van der Waals surface area (Å²) in [6, 6.07) is -0.613. The third-order valence-corrected chi connectivity index (χ3v) is 10.5. The van der Waals surface area contributed by atoms with Crippen molar-refractivity contribution in [1.82, 2.24) is 5.32 Å². The molecule has 2 unspecified atom stereocenters. The molecular formula is C45H89NO3. The van der Waals surface area contributed by atoms with Crippen LogP contribution in [0.2, 0.25) is 0 Å². The molecule has 292 valence electrons. The molecule has 0 saturated carbocycles. The summed E-state index contributed by atoms with van der Waals surface area (Å²) in [7, 11) is 0. The Kier molecular flexibility index (Phi) is 40.8. The SMILES string of the molecule is CCCCCCCCCCCCCCCCCCCCCCCCCCCCCCCC/C=C/C(O)C(CO)NC(=O)CCCCCCC. The molecule has 0 saturated heterocycles. The number of carbonyl (C=O) groups is 1. The van der Waals surface area contributed by atoms with Gasteiger partial charge in [0.1, 0.15) is 0 Å². The Morgan fingerprint density at radius 2 is 0.755 bits per heavy atom. The molecule has 0 rings (SSSR count). The Morgan fingerprint density at radius 1 is 0.469 bits per heavy atom. The third-order valence-electron chi connectivity index (χ3n) is 10.5. The predicted octanol–water partition coefficient (Wildman–Crippen LogP) is 13.9. The minimum Gasteiger partial charge on any atom is -0.394 e. The van der Waals surface area contributed by atoms with Crippen LogP contribution in [0.15, 0.2) is 12.2 Å². The fraction of sp³-hybridized carbons (Fsp3) is 0.933. The van der Waals surface area contributed by atoms with Gasteiger partial charge in [0.25, 0.3) is 0 Å². The Hall–Kier alpha value is -0.870. The van der Waals surface area contributed by atoms with E-state index in [1.807, 2.05) is 6.08 Å². The lowest BCUT2D eigenvalue weighted by Crippen LogP contribution is -2.45. The van der Waals surface area contributed by atoms with E-state index in [9.17, 15) is 15.0 Å². The van der Waals surface area contributed by atoms with Crippen LogP contribution in [-0.2, 0) is 4.79 Å². The highest BCUT2D eigenvalue weighted by Gasteiger charge is 2.17. The summed E-state index contributed by atoms with van der Waals surface area (Å²) in [6.45, 7) is 4.24. The summed E-state index contributed by atoms with van der Waals surface area (Å²) in [5.74, 6) is -0.0750. The van der Waals surface area contributed by atoms with Crippen LogP contribution >= 0.6 is 0 Å². The Morgan fingerprint density at radius 3 is 1.06 bits per heavy atom. The first-order valence-corrected chi connectivity index (χ1v) is 22.4. The summed E-state index contributed by atoms with van der Waals surface area (Å²) in [5, 5.41) is 22.7. The smallest absolute Gasteiger partial charge is 0.220 e. The van der Waals surface area contributed by atoms with Crippen LogP contribution in [-0.4, -0.2) is 34.9 Å².